The number of fused-ring (bicyclic) bond motifs is 1. The van der Waals surface area contributed by atoms with Crippen molar-refractivity contribution in [3.05, 3.63) is 30.2 Å². The Hall–Kier alpha value is -1.48. The molecular formula is C19H26ClN3O3S2. The van der Waals surface area contributed by atoms with Crippen molar-refractivity contribution in [3.63, 3.8) is 0 Å². The van der Waals surface area contributed by atoms with Crippen LogP contribution in [0, 0.1) is 0 Å². The van der Waals surface area contributed by atoms with E-state index in [0.29, 0.717) is 24.9 Å². The van der Waals surface area contributed by atoms with Gasteiger partial charge < -0.3 is 14.4 Å². The van der Waals surface area contributed by atoms with Crippen molar-refractivity contribution in [1.29, 1.82) is 0 Å². The third-order valence-electron chi connectivity index (χ3n) is 4.46. The lowest BCUT2D eigenvalue weighted by atomic mass is 10.3. The molecule has 1 amide bonds. The second-order valence-corrected chi connectivity index (χ2v) is 7.85. The number of carbonyl (C=O) groups excluding carboxylic acids is 1. The number of aromatic nitrogens is 1. The Morgan fingerprint density at radius 3 is 2.68 bits per heavy atom. The van der Waals surface area contributed by atoms with E-state index in [2.05, 4.69) is 24.8 Å². The Morgan fingerprint density at radius 1 is 1.25 bits per heavy atom. The number of amides is 1. The van der Waals surface area contributed by atoms with Crippen LogP contribution in [0.4, 0.5) is 5.13 Å². The standard InChI is InChI=1S/C19H25N3O3S2.ClH/c1-4-21(5-2)9-10-22(18(23)14-13-24-11-12-25-14)19-20-17-15(26-3)7-6-8-16(17)27-19;/h6-8,13H,4-5,9-12H2,1-3H3;1H. The van der Waals surface area contributed by atoms with Gasteiger partial charge in [0.05, 0.1) is 10.2 Å². The highest BCUT2D eigenvalue weighted by Crippen LogP contribution is 2.34. The van der Waals surface area contributed by atoms with Gasteiger partial charge in [0.15, 0.2) is 5.13 Å². The van der Waals surface area contributed by atoms with Crippen LogP contribution in [-0.2, 0) is 14.3 Å². The number of rotatable bonds is 8. The van der Waals surface area contributed by atoms with Gasteiger partial charge in [-0.2, -0.15) is 0 Å². The molecule has 0 saturated heterocycles. The number of hydrogen-bond acceptors (Lipinski definition) is 7. The lowest BCUT2D eigenvalue weighted by Gasteiger charge is -2.26. The fraction of sp³-hybridized carbons (Fsp3) is 0.474. The monoisotopic (exact) mass is 443 g/mol. The van der Waals surface area contributed by atoms with Gasteiger partial charge in [0.1, 0.15) is 19.5 Å². The molecule has 28 heavy (non-hydrogen) atoms. The van der Waals surface area contributed by atoms with Crippen LogP contribution in [0.2, 0.25) is 0 Å². The van der Waals surface area contributed by atoms with Gasteiger partial charge in [-0.25, -0.2) is 4.98 Å². The van der Waals surface area contributed by atoms with Crippen LogP contribution in [0.3, 0.4) is 0 Å². The maximum atomic E-state index is 13.1. The van der Waals surface area contributed by atoms with Gasteiger partial charge in [-0.1, -0.05) is 31.3 Å². The first-order valence-corrected chi connectivity index (χ1v) is 11.1. The van der Waals surface area contributed by atoms with Crippen LogP contribution in [0.1, 0.15) is 13.8 Å². The Labute approximate surface area is 180 Å². The van der Waals surface area contributed by atoms with E-state index in [1.165, 1.54) is 17.6 Å². The van der Waals surface area contributed by atoms with E-state index in [-0.39, 0.29) is 24.1 Å². The first kappa shape index (κ1) is 22.8. The number of anilines is 1. The van der Waals surface area contributed by atoms with Gasteiger partial charge in [-0.3, -0.25) is 9.69 Å². The Bertz CT molecular complexity index is 824. The molecule has 0 radical (unpaired) electrons. The van der Waals surface area contributed by atoms with Gasteiger partial charge in [0, 0.05) is 18.0 Å². The summed E-state index contributed by atoms with van der Waals surface area (Å²) in [6.07, 6.45) is 3.45. The molecular weight excluding hydrogens is 418 g/mol. The molecule has 2 heterocycles. The van der Waals surface area contributed by atoms with E-state index >= 15 is 0 Å². The highest BCUT2D eigenvalue weighted by molar-refractivity contribution is 7.98. The summed E-state index contributed by atoms with van der Waals surface area (Å²) < 4.78 is 11.9. The van der Waals surface area contributed by atoms with Crippen molar-refractivity contribution in [3.8, 4) is 0 Å². The first-order chi connectivity index (χ1) is 13.2. The molecule has 0 bridgehead atoms. The fourth-order valence-corrected chi connectivity index (χ4v) is 4.52. The van der Waals surface area contributed by atoms with Crippen molar-refractivity contribution in [2.75, 3.05) is 50.5 Å². The van der Waals surface area contributed by atoms with Crippen molar-refractivity contribution in [1.82, 2.24) is 9.88 Å². The van der Waals surface area contributed by atoms with Crippen LogP contribution in [0.15, 0.2) is 35.1 Å². The molecule has 0 N–H and O–H groups in total. The third-order valence-corrected chi connectivity index (χ3v) is 6.27. The van der Waals surface area contributed by atoms with Crippen LogP contribution in [-0.4, -0.2) is 61.4 Å². The molecule has 2 aromatic rings. The number of para-hydroxylation sites is 1. The maximum Gasteiger partial charge on any atom is 0.298 e. The number of thioether (sulfide) groups is 1. The van der Waals surface area contributed by atoms with E-state index < -0.39 is 0 Å². The minimum absolute atomic E-state index is 0. The van der Waals surface area contributed by atoms with Crippen LogP contribution >= 0.6 is 35.5 Å². The van der Waals surface area contributed by atoms with E-state index in [0.717, 1.165) is 34.7 Å². The Kier molecular flexibility index (Phi) is 8.88. The van der Waals surface area contributed by atoms with E-state index in [4.69, 9.17) is 14.5 Å². The zero-order valence-electron chi connectivity index (χ0n) is 16.3. The van der Waals surface area contributed by atoms with Crippen molar-refractivity contribution < 1.29 is 14.3 Å². The number of ether oxygens (including phenoxy) is 2. The smallest absolute Gasteiger partial charge is 0.298 e. The maximum absolute atomic E-state index is 13.1. The SMILES string of the molecule is CCN(CC)CCN(C(=O)C1=COCCO1)c1nc2c(SC)cccc2s1.Cl. The number of likely N-dealkylation sites (N-methyl/N-ethyl adjacent to an activating group) is 1. The van der Waals surface area contributed by atoms with Crippen LogP contribution in [0.25, 0.3) is 10.2 Å². The summed E-state index contributed by atoms with van der Waals surface area (Å²) in [7, 11) is 0. The minimum Gasteiger partial charge on any atom is -0.494 e. The second-order valence-electron chi connectivity index (χ2n) is 5.99. The predicted molar refractivity (Wildman–Crippen MR) is 119 cm³/mol. The summed E-state index contributed by atoms with van der Waals surface area (Å²) in [5.74, 6) is 0.0387. The van der Waals surface area contributed by atoms with Crippen LogP contribution < -0.4 is 4.90 Å². The molecule has 0 spiro atoms. The van der Waals surface area contributed by atoms with Crippen molar-refractivity contribution in [2.45, 2.75) is 18.7 Å². The zero-order valence-corrected chi connectivity index (χ0v) is 18.8. The topological polar surface area (TPSA) is 54.9 Å². The lowest BCUT2D eigenvalue weighted by molar-refractivity contribution is -0.119. The number of carbonyl (C=O) groups is 1. The molecule has 1 aromatic carbocycles. The zero-order chi connectivity index (χ0) is 19.2. The van der Waals surface area contributed by atoms with Crippen LogP contribution in [0.5, 0.6) is 0 Å². The average Bonchev–Trinajstić information content (AvgIpc) is 3.15. The molecule has 0 fully saturated rings. The Morgan fingerprint density at radius 2 is 2.04 bits per heavy atom. The second kappa shape index (κ2) is 10.9. The number of nitrogens with zero attached hydrogens (tertiary/aromatic N) is 3. The molecule has 1 aromatic heterocycles. The summed E-state index contributed by atoms with van der Waals surface area (Å²) in [5.41, 5.74) is 0.945. The molecule has 0 atom stereocenters. The number of hydrogen-bond donors (Lipinski definition) is 0. The lowest BCUT2D eigenvalue weighted by Crippen LogP contribution is -2.40. The van der Waals surface area contributed by atoms with E-state index in [1.807, 2.05) is 18.4 Å². The van der Waals surface area contributed by atoms with Gasteiger partial charge in [0.2, 0.25) is 5.76 Å². The van der Waals surface area contributed by atoms with E-state index in [1.54, 1.807) is 16.7 Å². The Balaban J connectivity index is 0.00000280. The largest absolute Gasteiger partial charge is 0.494 e. The molecule has 1 aliphatic heterocycles. The molecule has 3 rings (SSSR count). The molecule has 6 nitrogen and oxygen atoms in total. The first-order valence-electron chi connectivity index (χ1n) is 9.10. The van der Waals surface area contributed by atoms with Crippen molar-refractivity contribution >= 4 is 56.8 Å². The van der Waals surface area contributed by atoms with Gasteiger partial charge >= 0.3 is 0 Å². The summed E-state index contributed by atoms with van der Waals surface area (Å²) in [5, 5.41) is 0.693. The normalized spacial score (nSPS) is 13.5. The van der Waals surface area contributed by atoms with E-state index in [9.17, 15) is 4.79 Å². The summed E-state index contributed by atoms with van der Waals surface area (Å²) in [6.45, 7) is 8.31. The summed E-state index contributed by atoms with van der Waals surface area (Å²) in [6, 6.07) is 6.13. The molecule has 1 aliphatic rings. The minimum atomic E-state index is -0.202. The molecule has 0 aliphatic carbocycles. The van der Waals surface area contributed by atoms with Gasteiger partial charge in [-0.05, 0) is 31.5 Å². The highest BCUT2D eigenvalue weighted by Gasteiger charge is 2.26. The third kappa shape index (κ3) is 5.11. The summed E-state index contributed by atoms with van der Waals surface area (Å²) >= 11 is 3.19. The van der Waals surface area contributed by atoms with Gasteiger partial charge in [0.25, 0.3) is 5.91 Å². The highest BCUT2D eigenvalue weighted by atomic mass is 35.5. The van der Waals surface area contributed by atoms with Gasteiger partial charge in [-0.15, -0.1) is 24.2 Å². The molecule has 0 unspecified atom stereocenters. The fourth-order valence-electron chi connectivity index (χ4n) is 2.87. The number of benzene rings is 1. The number of thiazole rings is 1. The predicted octanol–water partition coefficient (Wildman–Crippen LogP) is 4.00. The van der Waals surface area contributed by atoms with Crippen molar-refractivity contribution in [2.24, 2.45) is 0 Å². The molecule has 154 valence electrons. The quantitative estimate of drug-likeness (QED) is 0.575. The average molecular weight is 444 g/mol. The summed E-state index contributed by atoms with van der Waals surface area (Å²) in [4.78, 5) is 23.0. The molecule has 9 heteroatoms. The number of halogens is 1. The molecule has 0 saturated carbocycles.